The number of hydrogen-bond donors (Lipinski definition) is 0. The number of hydrogen-bond acceptors (Lipinski definition) is 4. The van der Waals surface area contributed by atoms with E-state index < -0.39 is 5.97 Å². The largest absolute Gasteiger partial charge is 0.462 e. The minimum absolute atomic E-state index is 0.321. The van der Waals surface area contributed by atoms with Crippen molar-refractivity contribution in [3.05, 3.63) is 168 Å². The molecule has 5 aromatic rings. The number of esters is 1. The summed E-state index contributed by atoms with van der Waals surface area (Å²) in [4.78, 5) is 13.7. The number of rotatable bonds is 15. The average molecular weight is 608 g/mol. The van der Waals surface area contributed by atoms with Gasteiger partial charge in [0.2, 0.25) is 0 Å². The summed E-state index contributed by atoms with van der Waals surface area (Å²) in [6.45, 7) is 11.0. The Morgan fingerprint density at radius 1 is 0.609 bits per heavy atom. The first-order valence-corrected chi connectivity index (χ1v) is 15.8. The van der Waals surface area contributed by atoms with Crippen LogP contribution in [0, 0.1) is 0 Å². The summed E-state index contributed by atoms with van der Waals surface area (Å²) < 4.78 is 11.1. The molecule has 46 heavy (non-hydrogen) atoms. The highest BCUT2D eigenvalue weighted by Crippen LogP contribution is 2.36. The van der Waals surface area contributed by atoms with E-state index in [0.717, 1.165) is 46.6 Å². The second-order valence-electron chi connectivity index (χ2n) is 11.1. The first-order chi connectivity index (χ1) is 22.6. The van der Waals surface area contributed by atoms with E-state index in [0.29, 0.717) is 26.2 Å². The number of carbonyl (C=O) groups is 1. The van der Waals surface area contributed by atoms with Crippen LogP contribution in [0.3, 0.4) is 0 Å². The van der Waals surface area contributed by atoms with Crippen molar-refractivity contribution < 1.29 is 14.3 Å². The van der Waals surface area contributed by atoms with Crippen LogP contribution in [0.5, 0.6) is 0 Å². The van der Waals surface area contributed by atoms with Gasteiger partial charge in [-0.05, 0) is 88.2 Å². The van der Waals surface area contributed by atoms with Crippen molar-refractivity contribution in [1.82, 2.24) is 0 Å². The third-order valence-electron chi connectivity index (χ3n) is 8.03. The van der Waals surface area contributed by atoms with Crippen LogP contribution in [-0.2, 0) is 40.1 Å². The third kappa shape index (κ3) is 8.71. The van der Waals surface area contributed by atoms with Gasteiger partial charge in [-0.25, -0.2) is 4.79 Å². The molecule has 0 bridgehead atoms. The predicted octanol–water partition coefficient (Wildman–Crippen LogP) is 10.1. The highest BCUT2D eigenvalue weighted by molar-refractivity contribution is 5.81. The molecule has 0 aliphatic heterocycles. The van der Waals surface area contributed by atoms with Gasteiger partial charge in [0.1, 0.15) is 0 Å². The zero-order chi connectivity index (χ0) is 32.1. The smallest absolute Gasteiger partial charge is 0.330 e. The zero-order valence-electron chi connectivity index (χ0n) is 26.5. The van der Waals surface area contributed by atoms with Crippen molar-refractivity contribution in [1.29, 1.82) is 0 Å². The van der Waals surface area contributed by atoms with Gasteiger partial charge in [0.25, 0.3) is 0 Å². The summed E-state index contributed by atoms with van der Waals surface area (Å²) >= 11 is 0. The minimum Gasteiger partial charge on any atom is -0.462 e. The summed E-state index contributed by atoms with van der Waals surface area (Å²) in [5.41, 5.74) is 11.5. The van der Waals surface area contributed by atoms with Gasteiger partial charge in [0, 0.05) is 29.6 Å². The molecule has 0 radical (unpaired) electrons. The van der Waals surface area contributed by atoms with E-state index in [9.17, 15) is 4.79 Å². The van der Waals surface area contributed by atoms with Gasteiger partial charge in [0.05, 0.1) is 19.8 Å². The highest BCUT2D eigenvalue weighted by atomic mass is 16.5. The Kier molecular flexibility index (Phi) is 11.4. The fourth-order valence-corrected chi connectivity index (χ4v) is 5.26. The first kappa shape index (κ1) is 32.2. The molecule has 232 valence electrons. The van der Waals surface area contributed by atoms with E-state index in [-0.39, 0.29) is 0 Å². The van der Waals surface area contributed by atoms with Crippen molar-refractivity contribution in [2.75, 3.05) is 18.1 Å². The zero-order valence-corrected chi connectivity index (χ0v) is 26.5. The maximum Gasteiger partial charge on any atom is 0.330 e. The van der Waals surface area contributed by atoms with E-state index in [1.165, 1.54) is 28.3 Å². The quantitative estimate of drug-likeness (QED) is 0.0674. The van der Waals surface area contributed by atoms with Gasteiger partial charge in [-0.3, -0.25) is 0 Å². The van der Waals surface area contributed by atoms with E-state index in [1.54, 1.807) is 0 Å². The first-order valence-electron chi connectivity index (χ1n) is 15.8. The Morgan fingerprint density at radius 2 is 1.07 bits per heavy atom. The molecule has 4 nitrogen and oxygen atoms in total. The Morgan fingerprint density at radius 3 is 1.57 bits per heavy atom. The number of anilines is 3. The lowest BCUT2D eigenvalue weighted by Crippen LogP contribution is -2.10. The lowest BCUT2D eigenvalue weighted by molar-refractivity contribution is -0.137. The molecule has 0 N–H and O–H groups in total. The molecule has 5 aromatic carbocycles. The number of nitrogens with zero attached hydrogens (tertiary/aromatic N) is 1. The Bertz CT molecular complexity index is 1700. The van der Waals surface area contributed by atoms with Gasteiger partial charge >= 0.3 is 5.97 Å². The van der Waals surface area contributed by atoms with E-state index in [2.05, 4.69) is 146 Å². The van der Waals surface area contributed by atoms with Crippen LogP contribution in [0.2, 0.25) is 0 Å². The summed E-state index contributed by atoms with van der Waals surface area (Å²) in [6, 6.07) is 42.9. The van der Waals surface area contributed by atoms with E-state index >= 15 is 0 Å². The molecular weight excluding hydrogens is 566 g/mol. The van der Waals surface area contributed by atoms with E-state index in [1.807, 2.05) is 6.08 Å². The number of ether oxygens (including phenoxy) is 2. The van der Waals surface area contributed by atoms with Crippen LogP contribution < -0.4 is 4.90 Å². The van der Waals surface area contributed by atoms with Crippen molar-refractivity contribution >= 4 is 29.1 Å². The van der Waals surface area contributed by atoms with Crippen molar-refractivity contribution in [3.63, 3.8) is 0 Å². The lowest BCUT2D eigenvalue weighted by Gasteiger charge is -2.26. The van der Waals surface area contributed by atoms with Gasteiger partial charge in [-0.15, -0.1) is 0 Å². The van der Waals surface area contributed by atoms with Crippen LogP contribution in [0.15, 0.2) is 141 Å². The molecule has 0 spiro atoms. The molecule has 4 heteroatoms. The molecule has 0 heterocycles. The van der Waals surface area contributed by atoms with E-state index in [4.69, 9.17) is 9.47 Å². The molecule has 0 aliphatic carbocycles. The summed E-state index contributed by atoms with van der Waals surface area (Å²) in [7, 11) is 0. The van der Waals surface area contributed by atoms with Crippen molar-refractivity contribution in [2.24, 2.45) is 0 Å². The van der Waals surface area contributed by atoms with Crippen LogP contribution in [0.25, 0.3) is 17.2 Å². The average Bonchev–Trinajstić information content (AvgIpc) is 3.12. The van der Waals surface area contributed by atoms with Gasteiger partial charge in [-0.2, -0.15) is 0 Å². The van der Waals surface area contributed by atoms with Crippen molar-refractivity contribution in [2.45, 2.75) is 32.8 Å². The number of carbonyl (C=O) groups excluding carboxylic acids is 1. The minimum atomic E-state index is -0.402. The molecular formula is C42H41NO3. The molecule has 0 saturated heterocycles. The molecule has 0 fully saturated rings. The molecule has 0 saturated carbocycles. The van der Waals surface area contributed by atoms with Gasteiger partial charge in [-0.1, -0.05) is 111 Å². The lowest BCUT2D eigenvalue weighted by atomic mass is 10.0. The van der Waals surface area contributed by atoms with Gasteiger partial charge < -0.3 is 14.4 Å². The molecule has 0 atom stereocenters. The number of benzene rings is 5. The van der Waals surface area contributed by atoms with Crippen LogP contribution in [0.1, 0.15) is 34.7 Å². The maximum atomic E-state index is 11.4. The van der Waals surface area contributed by atoms with Gasteiger partial charge in [0.15, 0.2) is 0 Å². The summed E-state index contributed by atoms with van der Waals surface area (Å²) in [5, 5.41) is 0. The summed E-state index contributed by atoms with van der Waals surface area (Å²) in [5.74, 6) is -0.402. The predicted molar refractivity (Wildman–Crippen MR) is 191 cm³/mol. The van der Waals surface area contributed by atoms with Crippen LogP contribution >= 0.6 is 0 Å². The Hall–Kier alpha value is -5.19. The maximum absolute atomic E-state index is 11.4. The monoisotopic (exact) mass is 607 g/mol. The SMILES string of the molecule is C=CC(=O)OCCc1ccc(N(c2ccc(CCOCc3ccc(C=C)cc3)cc2)c2ccc(-c3ccc(CC)cc3)cc2)cc1. The topological polar surface area (TPSA) is 38.8 Å². The fourth-order valence-electron chi connectivity index (χ4n) is 5.26. The third-order valence-corrected chi connectivity index (χ3v) is 8.03. The van der Waals surface area contributed by atoms with Crippen molar-refractivity contribution in [3.8, 4) is 11.1 Å². The molecule has 5 rings (SSSR count). The fraction of sp³-hybridized carbons (Fsp3) is 0.167. The standard InChI is InChI=1S/C42H41NO3/c1-4-32-7-9-36(10-8-32)31-45-29-27-34-13-21-39(22-14-34)43(40-23-15-35(16-24-40)28-30-46-42(44)6-3)41-25-19-38(20-26-41)37-17-11-33(5-2)12-18-37/h4,6-26H,1,3,5,27-31H2,2H3. The molecule has 0 aliphatic rings. The Labute approximate surface area is 273 Å². The highest BCUT2D eigenvalue weighted by Gasteiger charge is 2.13. The second-order valence-corrected chi connectivity index (χ2v) is 11.1. The Balaban J connectivity index is 1.31. The second kappa shape index (κ2) is 16.2. The molecule has 0 unspecified atom stereocenters. The van der Waals surface area contributed by atoms with Crippen LogP contribution in [0.4, 0.5) is 17.1 Å². The molecule has 0 amide bonds. The molecule has 0 aromatic heterocycles. The normalized spacial score (nSPS) is 10.7. The number of aryl methyl sites for hydroxylation is 1. The summed E-state index contributed by atoms with van der Waals surface area (Å²) in [6.07, 6.45) is 5.54. The van der Waals surface area contributed by atoms with Crippen LogP contribution in [-0.4, -0.2) is 19.2 Å².